The van der Waals surface area contributed by atoms with Crippen LogP contribution in [0.5, 0.6) is 0 Å². The number of aliphatic carboxylic acids is 1. The van der Waals surface area contributed by atoms with E-state index in [9.17, 15) is 14.0 Å². The van der Waals surface area contributed by atoms with Crippen LogP contribution < -0.4 is 0 Å². The third kappa shape index (κ3) is 5.79. The molecule has 0 unspecified atom stereocenters. The monoisotopic (exact) mass is 282 g/mol. The van der Waals surface area contributed by atoms with E-state index in [0.717, 1.165) is 5.56 Å². The Morgan fingerprint density at radius 3 is 2.35 bits per heavy atom. The fourth-order valence-electron chi connectivity index (χ4n) is 1.67. The molecule has 6 heteroatoms. The van der Waals surface area contributed by atoms with Gasteiger partial charge < -0.3 is 10.0 Å². The number of benzene rings is 1. The molecule has 0 saturated heterocycles. The molecule has 1 aromatic rings. The lowest BCUT2D eigenvalue weighted by molar-refractivity contribution is -0.138. The van der Waals surface area contributed by atoms with Crippen LogP contribution >= 0.6 is 0 Å². The quantitative estimate of drug-likeness (QED) is 0.816. The van der Waals surface area contributed by atoms with Crippen LogP contribution in [0.1, 0.15) is 12.0 Å². The Morgan fingerprint density at radius 1 is 1.20 bits per heavy atom. The van der Waals surface area contributed by atoms with Crippen LogP contribution in [0.2, 0.25) is 0 Å². The maximum absolute atomic E-state index is 12.8. The van der Waals surface area contributed by atoms with Gasteiger partial charge in [-0.05, 0) is 24.7 Å². The Labute approximate surface area is 117 Å². The fourth-order valence-corrected chi connectivity index (χ4v) is 1.67. The van der Waals surface area contributed by atoms with E-state index in [1.165, 1.54) is 17.0 Å². The summed E-state index contributed by atoms with van der Waals surface area (Å²) in [7, 11) is 3.36. The Balaban J connectivity index is 2.42. The second-order valence-electron chi connectivity index (χ2n) is 4.76. The highest BCUT2D eigenvalue weighted by molar-refractivity contribution is 5.78. The summed E-state index contributed by atoms with van der Waals surface area (Å²) in [6.45, 7) is 0.877. The molecule has 20 heavy (non-hydrogen) atoms. The van der Waals surface area contributed by atoms with Crippen molar-refractivity contribution in [3.63, 3.8) is 0 Å². The molecule has 1 aromatic carbocycles. The molecule has 0 atom stereocenters. The smallest absolute Gasteiger partial charge is 0.304 e. The van der Waals surface area contributed by atoms with Crippen LogP contribution in [0.25, 0.3) is 0 Å². The summed E-state index contributed by atoms with van der Waals surface area (Å²) in [5.74, 6) is -1.30. The summed E-state index contributed by atoms with van der Waals surface area (Å²) in [4.78, 5) is 25.6. The van der Waals surface area contributed by atoms with Crippen LogP contribution in [-0.4, -0.2) is 54.0 Å². The van der Waals surface area contributed by atoms with E-state index in [1.54, 1.807) is 31.1 Å². The fraction of sp³-hybridized carbons (Fsp3) is 0.429. The highest BCUT2D eigenvalue weighted by atomic mass is 19.1. The van der Waals surface area contributed by atoms with E-state index >= 15 is 0 Å². The van der Waals surface area contributed by atoms with Crippen LogP contribution in [0.15, 0.2) is 24.3 Å². The molecule has 0 aliphatic rings. The lowest BCUT2D eigenvalue weighted by Gasteiger charge is -2.21. The van der Waals surface area contributed by atoms with Crippen LogP contribution in [0, 0.1) is 5.82 Å². The van der Waals surface area contributed by atoms with Gasteiger partial charge in [-0.25, -0.2) is 4.39 Å². The number of nitrogens with zero attached hydrogens (tertiary/aromatic N) is 2. The predicted octanol–water partition coefficient (Wildman–Crippen LogP) is 1.19. The first-order valence-electron chi connectivity index (χ1n) is 6.27. The molecule has 0 spiro atoms. The van der Waals surface area contributed by atoms with Crippen LogP contribution in [0.3, 0.4) is 0 Å². The number of hydrogen-bond donors (Lipinski definition) is 1. The molecule has 1 N–H and O–H groups in total. The van der Waals surface area contributed by atoms with Gasteiger partial charge in [-0.15, -0.1) is 0 Å². The molecule has 5 nitrogen and oxygen atoms in total. The molecule has 0 radical (unpaired) electrons. The summed E-state index contributed by atoms with van der Waals surface area (Å²) < 4.78 is 12.8. The maximum atomic E-state index is 12.8. The van der Waals surface area contributed by atoms with Gasteiger partial charge in [-0.1, -0.05) is 12.1 Å². The number of halogens is 1. The molecule has 1 rings (SSSR count). The van der Waals surface area contributed by atoms with Crippen LogP contribution in [0.4, 0.5) is 4.39 Å². The third-order valence-electron chi connectivity index (χ3n) is 2.87. The SMILES string of the molecule is CN(CCC(=O)O)CC(=O)N(C)Cc1ccc(F)cc1. The van der Waals surface area contributed by atoms with E-state index in [0.29, 0.717) is 13.1 Å². The van der Waals surface area contributed by atoms with E-state index in [2.05, 4.69) is 0 Å². The van der Waals surface area contributed by atoms with Crippen molar-refractivity contribution in [2.45, 2.75) is 13.0 Å². The van der Waals surface area contributed by atoms with Crippen molar-refractivity contribution in [1.29, 1.82) is 0 Å². The van der Waals surface area contributed by atoms with Crippen molar-refractivity contribution in [3.8, 4) is 0 Å². The molecule has 0 heterocycles. The highest BCUT2D eigenvalue weighted by Crippen LogP contribution is 2.06. The first-order valence-corrected chi connectivity index (χ1v) is 6.27. The van der Waals surface area contributed by atoms with Gasteiger partial charge in [0.2, 0.25) is 5.91 Å². The number of carboxylic acids is 1. The van der Waals surface area contributed by atoms with Gasteiger partial charge in [-0.2, -0.15) is 0 Å². The second kappa shape index (κ2) is 7.59. The number of carbonyl (C=O) groups excluding carboxylic acids is 1. The van der Waals surface area contributed by atoms with Gasteiger partial charge in [0.1, 0.15) is 5.82 Å². The van der Waals surface area contributed by atoms with Gasteiger partial charge in [0.05, 0.1) is 13.0 Å². The van der Waals surface area contributed by atoms with Crippen molar-refractivity contribution in [1.82, 2.24) is 9.80 Å². The normalized spacial score (nSPS) is 10.6. The van der Waals surface area contributed by atoms with Gasteiger partial charge >= 0.3 is 5.97 Å². The summed E-state index contributed by atoms with van der Waals surface area (Å²) in [5, 5.41) is 8.57. The number of hydrogen-bond acceptors (Lipinski definition) is 3. The molecule has 0 aliphatic heterocycles. The minimum absolute atomic E-state index is 0.00541. The Bertz CT molecular complexity index is 462. The highest BCUT2D eigenvalue weighted by Gasteiger charge is 2.12. The predicted molar refractivity (Wildman–Crippen MR) is 72.6 cm³/mol. The second-order valence-corrected chi connectivity index (χ2v) is 4.76. The Morgan fingerprint density at radius 2 is 1.80 bits per heavy atom. The molecule has 0 fully saturated rings. The molecular formula is C14H19FN2O3. The minimum atomic E-state index is -0.885. The molecule has 1 amide bonds. The first-order chi connectivity index (χ1) is 9.38. The van der Waals surface area contributed by atoms with Crippen molar-refractivity contribution in [2.24, 2.45) is 0 Å². The van der Waals surface area contributed by atoms with Crippen molar-refractivity contribution >= 4 is 11.9 Å². The van der Waals surface area contributed by atoms with Crippen LogP contribution in [-0.2, 0) is 16.1 Å². The molecule has 0 aliphatic carbocycles. The molecule has 0 saturated carbocycles. The number of carboxylic acid groups (broad SMARTS) is 1. The zero-order chi connectivity index (χ0) is 15.1. The number of carbonyl (C=O) groups is 2. The molecule has 0 aromatic heterocycles. The average molecular weight is 282 g/mol. The van der Waals surface area contributed by atoms with E-state index in [1.807, 2.05) is 0 Å². The summed E-state index contributed by atoms with van der Waals surface area (Å²) in [6.07, 6.45) is 0.00541. The van der Waals surface area contributed by atoms with E-state index in [4.69, 9.17) is 5.11 Å². The number of likely N-dealkylation sites (N-methyl/N-ethyl adjacent to an activating group) is 2. The van der Waals surface area contributed by atoms with E-state index in [-0.39, 0.29) is 24.7 Å². The molecule has 110 valence electrons. The van der Waals surface area contributed by atoms with Gasteiger partial charge in [0.15, 0.2) is 0 Å². The van der Waals surface area contributed by atoms with E-state index < -0.39 is 5.97 Å². The van der Waals surface area contributed by atoms with Crippen molar-refractivity contribution < 1.29 is 19.1 Å². The zero-order valence-corrected chi connectivity index (χ0v) is 11.7. The summed E-state index contributed by atoms with van der Waals surface area (Å²) in [6, 6.07) is 5.97. The Kier molecular flexibility index (Phi) is 6.11. The number of amides is 1. The van der Waals surface area contributed by atoms with Gasteiger partial charge in [0, 0.05) is 20.1 Å². The maximum Gasteiger partial charge on any atom is 0.304 e. The van der Waals surface area contributed by atoms with Gasteiger partial charge in [0.25, 0.3) is 0 Å². The third-order valence-corrected chi connectivity index (χ3v) is 2.87. The topological polar surface area (TPSA) is 60.9 Å². The lowest BCUT2D eigenvalue weighted by Crippen LogP contribution is -2.37. The summed E-state index contributed by atoms with van der Waals surface area (Å²) in [5.41, 5.74) is 0.843. The molecule has 0 bridgehead atoms. The van der Waals surface area contributed by atoms with Crippen molar-refractivity contribution in [3.05, 3.63) is 35.6 Å². The largest absolute Gasteiger partial charge is 0.481 e. The Hall–Kier alpha value is -1.95. The summed E-state index contributed by atoms with van der Waals surface area (Å²) >= 11 is 0. The zero-order valence-electron chi connectivity index (χ0n) is 11.7. The average Bonchev–Trinajstić information content (AvgIpc) is 2.39. The standard InChI is InChI=1S/C14H19FN2O3/c1-16(8-7-14(19)20)10-13(18)17(2)9-11-3-5-12(15)6-4-11/h3-6H,7-10H2,1-2H3,(H,19,20). The lowest BCUT2D eigenvalue weighted by atomic mass is 10.2. The van der Waals surface area contributed by atoms with Crippen molar-refractivity contribution in [2.75, 3.05) is 27.2 Å². The minimum Gasteiger partial charge on any atom is -0.481 e. The molecular weight excluding hydrogens is 263 g/mol. The first kappa shape index (κ1) is 16.1. The number of rotatable bonds is 7. The van der Waals surface area contributed by atoms with Gasteiger partial charge in [-0.3, -0.25) is 14.5 Å².